The molecular formula is C17H16BrNO3. The number of nitrogens with zero attached hydrogens (tertiary/aromatic N) is 1. The molecule has 0 spiro atoms. The molecule has 22 heavy (non-hydrogen) atoms. The number of aliphatic hydroxyl groups is 1. The molecule has 4 nitrogen and oxygen atoms in total. The zero-order valence-corrected chi connectivity index (χ0v) is 13.5. The van der Waals surface area contributed by atoms with Crippen LogP contribution in [0.4, 0.5) is 0 Å². The van der Waals surface area contributed by atoms with Gasteiger partial charge >= 0.3 is 0 Å². The van der Waals surface area contributed by atoms with Gasteiger partial charge in [0.05, 0.1) is 17.7 Å². The third-order valence-corrected chi connectivity index (χ3v) is 5.28. The van der Waals surface area contributed by atoms with E-state index in [0.717, 1.165) is 34.5 Å². The molecule has 1 saturated carbocycles. The van der Waals surface area contributed by atoms with Crippen molar-refractivity contribution in [1.82, 2.24) is 4.90 Å². The number of fused-ring (bicyclic) bond motifs is 3. The third-order valence-electron chi connectivity index (χ3n) is 4.63. The van der Waals surface area contributed by atoms with Gasteiger partial charge in [-0.25, -0.2) is 0 Å². The number of halogens is 1. The first-order valence-corrected chi connectivity index (χ1v) is 8.29. The second-order valence-electron chi connectivity index (χ2n) is 5.89. The maximum absolute atomic E-state index is 12.9. The van der Waals surface area contributed by atoms with Gasteiger partial charge in [-0.3, -0.25) is 9.69 Å². The molecule has 114 valence electrons. The summed E-state index contributed by atoms with van der Waals surface area (Å²) < 4.78 is 6.79. The van der Waals surface area contributed by atoms with Crippen molar-refractivity contribution < 1.29 is 14.6 Å². The number of aliphatic hydroxyl groups excluding tert-OH is 1. The Balaban J connectivity index is 1.81. The topological polar surface area (TPSA) is 49.8 Å². The van der Waals surface area contributed by atoms with Crippen molar-refractivity contribution in [3.8, 4) is 5.75 Å². The molecule has 2 aromatic carbocycles. The molecular weight excluding hydrogens is 346 g/mol. The lowest BCUT2D eigenvalue weighted by Gasteiger charge is -2.35. The molecule has 0 bridgehead atoms. The minimum Gasteiger partial charge on any atom is -0.472 e. The molecule has 0 saturated heterocycles. The second kappa shape index (κ2) is 5.25. The summed E-state index contributed by atoms with van der Waals surface area (Å²) in [7, 11) is 0. The summed E-state index contributed by atoms with van der Waals surface area (Å²) in [5, 5.41) is 12.0. The summed E-state index contributed by atoms with van der Waals surface area (Å²) in [5.41, 5.74) is 0.566. The lowest BCUT2D eigenvalue weighted by atomic mass is 10.0. The van der Waals surface area contributed by atoms with Gasteiger partial charge in [0.15, 0.2) is 6.73 Å². The van der Waals surface area contributed by atoms with Crippen LogP contribution in [0.25, 0.3) is 10.8 Å². The molecule has 0 aromatic heterocycles. The molecule has 4 rings (SSSR count). The minimum absolute atomic E-state index is 0.0568. The van der Waals surface area contributed by atoms with E-state index in [1.807, 2.05) is 30.3 Å². The first-order chi connectivity index (χ1) is 10.7. The number of hydrogen-bond donors (Lipinski definition) is 1. The van der Waals surface area contributed by atoms with E-state index < -0.39 is 6.10 Å². The fourth-order valence-corrected chi connectivity index (χ4v) is 4.07. The lowest BCUT2D eigenvalue weighted by molar-refractivity contribution is 0.0132. The molecule has 2 aliphatic rings. The Hall–Kier alpha value is -1.59. The lowest BCUT2D eigenvalue weighted by Crippen LogP contribution is -2.48. The van der Waals surface area contributed by atoms with Crippen LogP contribution in [0.3, 0.4) is 0 Å². The normalized spacial score (nSPS) is 24.5. The van der Waals surface area contributed by atoms with E-state index in [2.05, 4.69) is 15.9 Å². The predicted octanol–water partition coefficient (Wildman–Crippen LogP) is 3.31. The quantitative estimate of drug-likeness (QED) is 0.847. The average Bonchev–Trinajstić information content (AvgIpc) is 2.95. The number of carbonyl (C=O) groups is 1. The molecule has 1 aliphatic heterocycles. The predicted molar refractivity (Wildman–Crippen MR) is 87.0 cm³/mol. The highest BCUT2D eigenvalue weighted by molar-refractivity contribution is 9.10. The average molecular weight is 362 g/mol. The van der Waals surface area contributed by atoms with Gasteiger partial charge in [-0.15, -0.1) is 0 Å². The Morgan fingerprint density at radius 2 is 2.00 bits per heavy atom. The van der Waals surface area contributed by atoms with Gasteiger partial charge in [-0.05, 0) is 30.7 Å². The van der Waals surface area contributed by atoms with Crippen LogP contribution in [0.15, 0.2) is 34.8 Å². The number of hydrogen-bond acceptors (Lipinski definition) is 3. The van der Waals surface area contributed by atoms with Crippen molar-refractivity contribution in [2.24, 2.45) is 0 Å². The van der Waals surface area contributed by atoms with E-state index in [1.54, 1.807) is 4.90 Å². The van der Waals surface area contributed by atoms with E-state index in [0.29, 0.717) is 11.3 Å². The van der Waals surface area contributed by atoms with E-state index in [1.165, 1.54) is 0 Å². The van der Waals surface area contributed by atoms with Gasteiger partial charge in [0.1, 0.15) is 5.75 Å². The Labute approximate surface area is 136 Å². The molecule has 0 unspecified atom stereocenters. The van der Waals surface area contributed by atoms with Crippen molar-refractivity contribution in [1.29, 1.82) is 0 Å². The minimum atomic E-state index is -0.446. The molecule has 1 fully saturated rings. The molecule has 2 atom stereocenters. The molecule has 5 heteroatoms. The zero-order valence-electron chi connectivity index (χ0n) is 12.0. The van der Waals surface area contributed by atoms with Crippen molar-refractivity contribution >= 4 is 32.6 Å². The fraction of sp³-hybridized carbons (Fsp3) is 0.353. The Morgan fingerprint density at radius 3 is 2.73 bits per heavy atom. The monoisotopic (exact) mass is 361 g/mol. The van der Waals surface area contributed by atoms with Gasteiger partial charge in [0, 0.05) is 9.86 Å². The third kappa shape index (κ3) is 2.03. The van der Waals surface area contributed by atoms with Gasteiger partial charge in [-0.1, -0.05) is 40.2 Å². The summed E-state index contributed by atoms with van der Waals surface area (Å²) in [6, 6.07) is 9.56. The summed E-state index contributed by atoms with van der Waals surface area (Å²) in [5.74, 6) is 0.589. The summed E-state index contributed by atoms with van der Waals surface area (Å²) in [4.78, 5) is 14.5. The van der Waals surface area contributed by atoms with Crippen LogP contribution in [0.5, 0.6) is 5.75 Å². The van der Waals surface area contributed by atoms with Gasteiger partial charge in [0.2, 0.25) is 0 Å². The number of carbonyl (C=O) groups excluding carboxylic acids is 1. The van der Waals surface area contributed by atoms with Crippen LogP contribution < -0.4 is 4.74 Å². The van der Waals surface area contributed by atoms with Crippen molar-refractivity contribution in [3.63, 3.8) is 0 Å². The van der Waals surface area contributed by atoms with Gasteiger partial charge in [0.25, 0.3) is 5.91 Å². The molecule has 0 radical (unpaired) electrons. The smallest absolute Gasteiger partial charge is 0.260 e. The van der Waals surface area contributed by atoms with Crippen LogP contribution >= 0.6 is 15.9 Å². The highest BCUT2D eigenvalue weighted by Gasteiger charge is 2.38. The summed E-state index contributed by atoms with van der Waals surface area (Å²) in [6.45, 7) is 0.208. The van der Waals surface area contributed by atoms with Crippen LogP contribution in [0, 0.1) is 0 Å². The molecule has 1 aliphatic carbocycles. The standard InChI is InChI=1S/C17H16BrNO3/c18-13-8-12-16(11-5-2-1-4-10(11)13)22-9-19(17(12)21)14-6-3-7-15(14)20/h1-2,4-5,8,14-15,20H,3,6-7,9H2/t14-,15-/m0/s1. The largest absolute Gasteiger partial charge is 0.472 e. The molecule has 2 aromatic rings. The Kier molecular flexibility index (Phi) is 3.35. The van der Waals surface area contributed by atoms with Crippen molar-refractivity contribution in [2.75, 3.05) is 6.73 Å². The molecule has 1 N–H and O–H groups in total. The van der Waals surface area contributed by atoms with Gasteiger partial charge < -0.3 is 9.84 Å². The second-order valence-corrected chi connectivity index (χ2v) is 6.75. The van der Waals surface area contributed by atoms with Crippen molar-refractivity contribution in [3.05, 3.63) is 40.4 Å². The maximum atomic E-state index is 12.9. The van der Waals surface area contributed by atoms with Crippen LogP contribution in [-0.4, -0.2) is 34.8 Å². The highest BCUT2D eigenvalue weighted by atomic mass is 79.9. The van der Waals surface area contributed by atoms with E-state index in [9.17, 15) is 9.90 Å². The highest BCUT2D eigenvalue weighted by Crippen LogP contribution is 2.39. The van der Waals surface area contributed by atoms with E-state index in [4.69, 9.17) is 4.74 Å². The number of ether oxygens (including phenoxy) is 1. The Morgan fingerprint density at radius 1 is 1.23 bits per heavy atom. The number of benzene rings is 2. The molecule has 1 heterocycles. The van der Waals surface area contributed by atoms with E-state index in [-0.39, 0.29) is 18.7 Å². The SMILES string of the molecule is O=C1c2cc(Br)c3ccccc3c2OCN1[C@H]1CCC[C@@H]1O. The van der Waals surface area contributed by atoms with Crippen molar-refractivity contribution in [2.45, 2.75) is 31.4 Å². The molecule has 1 amide bonds. The summed E-state index contributed by atoms with van der Waals surface area (Å²) in [6.07, 6.45) is 2.09. The first-order valence-electron chi connectivity index (χ1n) is 7.50. The maximum Gasteiger partial charge on any atom is 0.260 e. The van der Waals surface area contributed by atoms with Crippen LogP contribution in [0.2, 0.25) is 0 Å². The fourth-order valence-electron chi connectivity index (χ4n) is 3.50. The number of amides is 1. The Bertz CT molecular complexity index is 761. The van der Waals surface area contributed by atoms with E-state index >= 15 is 0 Å². The zero-order chi connectivity index (χ0) is 15.3. The van der Waals surface area contributed by atoms with Crippen LogP contribution in [0.1, 0.15) is 29.6 Å². The van der Waals surface area contributed by atoms with Gasteiger partial charge in [-0.2, -0.15) is 0 Å². The summed E-state index contributed by atoms with van der Waals surface area (Å²) >= 11 is 3.54. The number of rotatable bonds is 1. The van der Waals surface area contributed by atoms with Crippen LogP contribution in [-0.2, 0) is 0 Å². The first kappa shape index (κ1) is 14.0.